The monoisotopic (exact) mass is 445 g/mol. The van der Waals surface area contributed by atoms with Crippen molar-refractivity contribution in [1.29, 1.82) is 0 Å². The number of H-pyrrole nitrogens is 1. The molecule has 0 bridgehead atoms. The summed E-state index contributed by atoms with van der Waals surface area (Å²) in [6.07, 6.45) is 5.06. The van der Waals surface area contributed by atoms with Gasteiger partial charge in [-0.05, 0) is 61.1 Å². The molecule has 7 heteroatoms. The molecule has 2 aromatic carbocycles. The first-order chi connectivity index (χ1) is 16.2. The smallest absolute Gasteiger partial charge is 0.326 e. The molecule has 0 amide bonds. The number of hydrogen-bond acceptors (Lipinski definition) is 4. The van der Waals surface area contributed by atoms with Gasteiger partial charge < -0.3 is 20.3 Å². The van der Waals surface area contributed by atoms with Crippen molar-refractivity contribution >= 4 is 16.9 Å². The zero-order chi connectivity index (χ0) is 22.4. The van der Waals surface area contributed by atoms with Crippen molar-refractivity contribution in [2.45, 2.75) is 50.1 Å². The Hall–Kier alpha value is -3.06. The Morgan fingerprint density at radius 2 is 1.94 bits per heavy atom. The van der Waals surface area contributed by atoms with Crippen LogP contribution in [0, 0.1) is 0 Å². The second kappa shape index (κ2) is 8.37. The van der Waals surface area contributed by atoms with Gasteiger partial charge in [0.05, 0.1) is 23.4 Å². The van der Waals surface area contributed by atoms with E-state index in [1.165, 1.54) is 11.1 Å². The number of aromatic hydroxyl groups is 1. The maximum atomic E-state index is 12.5. The van der Waals surface area contributed by atoms with E-state index in [0.717, 1.165) is 75.2 Å². The average Bonchev–Trinajstić information content (AvgIpc) is 3.39. The Bertz CT molecular complexity index is 1250. The topological polar surface area (TPSA) is 85.7 Å². The van der Waals surface area contributed by atoms with Gasteiger partial charge in [-0.3, -0.25) is 9.56 Å². The maximum Gasteiger partial charge on any atom is 0.326 e. The normalized spacial score (nSPS) is 24.7. The number of aryl methyl sites for hydroxylation is 1. The number of rotatable bonds is 4. The quantitative estimate of drug-likeness (QED) is 0.576. The van der Waals surface area contributed by atoms with Gasteiger partial charge in [-0.25, -0.2) is 4.79 Å². The highest BCUT2D eigenvalue weighted by molar-refractivity contribution is 5.86. The number of benzene rings is 2. The number of nitrogens with one attached hydrogen (secondary N) is 2. The number of phenols is 1. The molecular weight excluding hydrogens is 414 g/mol. The second-order valence-electron chi connectivity index (χ2n) is 9.70. The molecule has 2 saturated heterocycles. The molecule has 0 spiro atoms. The predicted octanol–water partition coefficient (Wildman–Crippen LogP) is 3.16. The Balaban J connectivity index is 1.04. The van der Waals surface area contributed by atoms with Crippen LogP contribution in [0.25, 0.3) is 11.0 Å². The molecule has 7 nitrogen and oxygen atoms in total. The van der Waals surface area contributed by atoms with Gasteiger partial charge in [0.1, 0.15) is 5.75 Å². The summed E-state index contributed by atoms with van der Waals surface area (Å²) in [6.45, 7) is 3.76. The number of aromatic amines is 1. The number of hydrogen-bond donors (Lipinski definition) is 3. The predicted molar refractivity (Wildman–Crippen MR) is 130 cm³/mol. The summed E-state index contributed by atoms with van der Waals surface area (Å²) < 4.78 is 1.95. The molecule has 0 unspecified atom stereocenters. The number of imidazole rings is 1. The minimum absolute atomic E-state index is 0.00612. The van der Waals surface area contributed by atoms with Crippen LogP contribution in [0.4, 0.5) is 0 Å². The number of piperidine rings is 1. The van der Waals surface area contributed by atoms with Crippen LogP contribution in [0.15, 0.2) is 52.3 Å². The Morgan fingerprint density at radius 1 is 1.09 bits per heavy atom. The van der Waals surface area contributed by atoms with E-state index >= 15 is 0 Å². The van der Waals surface area contributed by atoms with E-state index in [1.54, 1.807) is 0 Å². The van der Waals surface area contributed by atoms with E-state index in [-0.39, 0.29) is 11.7 Å². The van der Waals surface area contributed by atoms with Crippen molar-refractivity contribution in [2.75, 3.05) is 26.2 Å². The standard InChI is InChI=1S/C26H31N5O2/c32-19-6-7-20-17(15-19)5-8-22-21(20)16-25(28-22)27-11-14-30-12-9-18(10-13-30)31-24-4-2-1-3-23(24)29-26(31)33/h1-4,6-7,15,18,21-22,32H,5,8-14,16H2,(H,27,28)(H,29,33)/t21-,22+/m0/s1. The van der Waals surface area contributed by atoms with E-state index in [0.29, 0.717) is 17.7 Å². The third kappa shape index (κ3) is 3.84. The molecule has 3 heterocycles. The van der Waals surface area contributed by atoms with Gasteiger partial charge >= 0.3 is 5.69 Å². The number of aromatic nitrogens is 2. The minimum Gasteiger partial charge on any atom is -0.508 e. The molecule has 2 aliphatic heterocycles. The lowest BCUT2D eigenvalue weighted by Gasteiger charge is -2.32. The van der Waals surface area contributed by atoms with Gasteiger partial charge in [0.2, 0.25) is 0 Å². The average molecular weight is 446 g/mol. The highest BCUT2D eigenvalue weighted by atomic mass is 16.3. The van der Waals surface area contributed by atoms with Crippen LogP contribution >= 0.6 is 0 Å². The van der Waals surface area contributed by atoms with Crippen molar-refractivity contribution in [3.05, 3.63) is 64.1 Å². The van der Waals surface area contributed by atoms with Gasteiger partial charge in [-0.1, -0.05) is 18.2 Å². The Labute approximate surface area is 193 Å². The molecule has 3 aliphatic rings. The van der Waals surface area contributed by atoms with Gasteiger partial charge in [0.25, 0.3) is 0 Å². The lowest BCUT2D eigenvalue weighted by atomic mass is 9.80. The fourth-order valence-electron chi connectivity index (χ4n) is 6.08. The second-order valence-corrected chi connectivity index (χ2v) is 9.70. The lowest BCUT2D eigenvalue weighted by molar-refractivity contribution is 0.191. The Morgan fingerprint density at radius 3 is 2.82 bits per heavy atom. The zero-order valence-corrected chi connectivity index (χ0v) is 18.8. The number of amidine groups is 1. The minimum atomic E-state index is 0.00612. The van der Waals surface area contributed by atoms with Gasteiger partial charge in [0.15, 0.2) is 0 Å². The molecule has 1 aliphatic carbocycles. The summed E-state index contributed by atoms with van der Waals surface area (Å²) in [5.41, 5.74) is 4.60. The van der Waals surface area contributed by atoms with Crippen LogP contribution in [-0.4, -0.2) is 57.6 Å². The molecule has 2 fully saturated rings. The number of aliphatic imine (C=N–C) groups is 1. The number of likely N-dealkylation sites (tertiary alicyclic amines) is 1. The van der Waals surface area contributed by atoms with Gasteiger partial charge in [-0.2, -0.15) is 0 Å². The first-order valence-electron chi connectivity index (χ1n) is 12.2. The summed E-state index contributed by atoms with van der Waals surface area (Å²) in [4.78, 5) is 22.9. The summed E-state index contributed by atoms with van der Waals surface area (Å²) in [6, 6.07) is 14.5. The molecule has 0 saturated carbocycles. The molecule has 2 atom stereocenters. The molecule has 33 heavy (non-hydrogen) atoms. The molecule has 1 aromatic heterocycles. The van der Waals surface area contributed by atoms with E-state index in [4.69, 9.17) is 4.99 Å². The fourth-order valence-corrected chi connectivity index (χ4v) is 6.08. The van der Waals surface area contributed by atoms with Crippen LogP contribution in [0.2, 0.25) is 0 Å². The largest absolute Gasteiger partial charge is 0.508 e. The third-order valence-corrected chi connectivity index (χ3v) is 7.77. The summed E-state index contributed by atoms with van der Waals surface area (Å²) in [7, 11) is 0. The summed E-state index contributed by atoms with van der Waals surface area (Å²) >= 11 is 0. The van der Waals surface area contributed by atoms with E-state index in [9.17, 15) is 9.90 Å². The number of fused-ring (bicyclic) bond motifs is 4. The number of para-hydroxylation sites is 2. The van der Waals surface area contributed by atoms with Crippen molar-refractivity contribution in [3.8, 4) is 5.75 Å². The molecule has 3 aromatic rings. The van der Waals surface area contributed by atoms with E-state index in [2.05, 4.69) is 21.3 Å². The summed E-state index contributed by atoms with van der Waals surface area (Å²) in [5, 5.41) is 13.5. The number of nitrogens with zero attached hydrogens (tertiary/aromatic N) is 3. The van der Waals surface area contributed by atoms with Crippen molar-refractivity contribution in [1.82, 2.24) is 19.8 Å². The molecule has 6 rings (SSSR count). The highest BCUT2D eigenvalue weighted by Crippen LogP contribution is 2.39. The van der Waals surface area contributed by atoms with Crippen molar-refractivity contribution in [3.63, 3.8) is 0 Å². The van der Waals surface area contributed by atoms with Crippen LogP contribution in [0.5, 0.6) is 5.75 Å². The van der Waals surface area contributed by atoms with E-state index < -0.39 is 0 Å². The number of phenolic OH excluding ortho intramolecular Hbond substituents is 1. The fraction of sp³-hybridized carbons (Fsp3) is 0.462. The molecular formula is C26H31N5O2. The first-order valence-corrected chi connectivity index (χ1v) is 12.2. The summed E-state index contributed by atoms with van der Waals surface area (Å²) in [5.74, 6) is 1.97. The zero-order valence-electron chi connectivity index (χ0n) is 18.8. The van der Waals surface area contributed by atoms with Crippen molar-refractivity contribution in [2.24, 2.45) is 4.99 Å². The molecule has 3 N–H and O–H groups in total. The lowest BCUT2D eigenvalue weighted by Crippen LogP contribution is -2.38. The van der Waals surface area contributed by atoms with Crippen LogP contribution < -0.4 is 11.0 Å². The van der Waals surface area contributed by atoms with E-state index in [1.807, 2.05) is 41.0 Å². The van der Waals surface area contributed by atoms with Gasteiger partial charge in [-0.15, -0.1) is 0 Å². The maximum absolute atomic E-state index is 12.5. The molecule has 0 radical (unpaired) electrons. The van der Waals surface area contributed by atoms with Crippen LogP contribution in [0.1, 0.15) is 48.8 Å². The molecule has 172 valence electrons. The van der Waals surface area contributed by atoms with Crippen molar-refractivity contribution < 1.29 is 5.11 Å². The van der Waals surface area contributed by atoms with Gasteiger partial charge in [0, 0.05) is 44.1 Å². The third-order valence-electron chi connectivity index (χ3n) is 7.77. The SMILES string of the molecule is O=c1[nH]c2ccccc2n1C1CCN(CCN=C2C[C@H]3c4ccc(O)cc4CC[C@H]3N2)CC1. The highest BCUT2D eigenvalue weighted by Gasteiger charge is 2.36. The van der Waals surface area contributed by atoms with Crippen LogP contribution in [0.3, 0.4) is 0 Å². The van der Waals surface area contributed by atoms with Crippen LogP contribution in [-0.2, 0) is 6.42 Å². The Kier molecular flexibility index (Phi) is 5.21. The first kappa shape index (κ1) is 20.5.